The van der Waals surface area contributed by atoms with E-state index in [9.17, 15) is 4.79 Å². The molecule has 0 radical (unpaired) electrons. The molecule has 1 aromatic rings. The molecule has 1 atom stereocenters. The third kappa shape index (κ3) is 4.26. The van der Waals surface area contributed by atoms with Crippen molar-refractivity contribution in [1.29, 1.82) is 0 Å². The number of ether oxygens (including phenoxy) is 1. The maximum Gasteiger partial charge on any atom is 0.224 e. The summed E-state index contributed by atoms with van der Waals surface area (Å²) < 4.78 is 6.38. The van der Waals surface area contributed by atoms with Crippen LogP contribution in [0.4, 0.5) is 5.69 Å². The Labute approximate surface area is 132 Å². The van der Waals surface area contributed by atoms with E-state index in [-0.39, 0.29) is 17.0 Å². The van der Waals surface area contributed by atoms with Crippen LogP contribution in [0.15, 0.2) is 22.7 Å². The molecule has 0 bridgehead atoms. The lowest BCUT2D eigenvalue weighted by Crippen LogP contribution is -2.19. The third-order valence-electron chi connectivity index (χ3n) is 3.24. The summed E-state index contributed by atoms with van der Waals surface area (Å²) in [5.74, 6) is -0.0414. The van der Waals surface area contributed by atoms with Gasteiger partial charge in [0.1, 0.15) is 4.99 Å². The van der Waals surface area contributed by atoms with Gasteiger partial charge in [-0.15, -0.1) is 0 Å². The van der Waals surface area contributed by atoms with Crippen LogP contribution in [0.5, 0.6) is 0 Å². The molecular weight excluding hydrogens is 340 g/mol. The highest BCUT2D eigenvalue weighted by Crippen LogP contribution is 2.22. The first-order valence-electron chi connectivity index (χ1n) is 6.57. The zero-order chi connectivity index (χ0) is 14.5. The Balaban J connectivity index is 1.94. The number of amides is 1. The Morgan fingerprint density at radius 2 is 2.35 bits per heavy atom. The highest BCUT2D eigenvalue weighted by atomic mass is 79.9. The summed E-state index contributed by atoms with van der Waals surface area (Å²) >= 11 is 8.36. The van der Waals surface area contributed by atoms with Crippen LogP contribution in [-0.4, -0.2) is 23.6 Å². The van der Waals surface area contributed by atoms with Crippen molar-refractivity contribution in [2.45, 2.75) is 31.8 Å². The highest BCUT2D eigenvalue weighted by Gasteiger charge is 2.17. The number of hydrogen-bond donors (Lipinski definition) is 2. The maximum atomic E-state index is 12.0. The van der Waals surface area contributed by atoms with Crippen molar-refractivity contribution in [3.8, 4) is 0 Å². The van der Waals surface area contributed by atoms with E-state index >= 15 is 0 Å². The van der Waals surface area contributed by atoms with Gasteiger partial charge in [-0.1, -0.05) is 28.1 Å². The lowest BCUT2D eigenvalue weighted by molar-refractivity contribution is -0.116. The summed E-state index contributed by atoms with van der Waals surface area (Å²) in [5.41, 5.74) is 6.99. The molecule has 6 heteroatoms. The van der Waals surface area contributed by atoms with Crippen LogP contribution in [0.25, 0.3) is 0 Å². The zero-order valence-corrected chi connectivity index (χ0v) is 13.4. The van der Waals surface area contributed by atoms with E-state index in [1.807, 2.05) is 6.07 Å². The standard InChI is InChI=1S/C14H17BrN2O2S/c15-9-3-5-12(11(8-9)14(16)20)17-13(18)6-4-10-2-1-7-19-10/h3,5,8,10H,1-2,4,6-7H2,(H2,16,20)(H,17,18). The minimum absolute atomic E-state index is 0.0414. The van der Waals surface area contributed by atoms with E-state index in [0.29, 0.717) is 17.7 Å². The van der Waals surface area contributed by atoms with Crippen LogP contribution in [0.3, 0.4) is 0 Å². The van der Waals surface area contributed by atoms with E-state index in [4.69, 9.17) is 22.7 Å². The van der Waals surface area contributed by atoms with E-state index in [1.165, 1.54) is 0 Å². The van der Waals surface area contributed by atoms with Crippen LogP contribution in [0.2, 0.25) is 0 Å². The second kappa shape index (κ2) is 7.15. The number of thiocarbonyl (C=S) groups is 1. The average molecular weight is 357 g/mol. The maximum absolute atomic E-state index is 12.0. The van der Waals surface area contributed by atoms with Crippen molar-refractivity contribution in [1.82, 2.24) is 0 Å². The lowest BCUT2D eigenvalue weighted by atomic mass is 10.1. The predicted molar refractivity (Wildman–Crippen MR) is 86.9 cm³/mol. The SMILES string of the molecule is NC(=S)c1cc(Br)ccc1NC(=O)CCC1CCCO1. The van der Waals surface area contributed by atoms with Crippen molar-refractivity contribution < 1.29 is 9.53 Å². The molecule has 1 heterocycles. The molecule has 3 N–H and O–H groups in total. The minimum Gasteiger partial charge on any atom is -0.389 e. The quantitative estimate of drug-likeness (QED) is 0.796. The van der Waals surface area contributed by atoms with E-state index < -0.39 is 0 Å². The predicted octanol–water partition coefficient (Wildman–Crippen LogP) is 2.98. The molecule has 1 saturated heterocycles. The fourth-order valence-electron chi connectivity index (χ4n) is 2.21. The number of benzene rings is 1. The molecular formula is C14H17BrN2O2S. The summed E-state index contributed by atoms with van der Waals surface area (Å²) in [6, 6.07) is 5.44. The Kier molecular flexibility index (Phi) is 5.51. The Bertz CT molecular complexity index is 516. The second-order valence-corrected chi connectivity index (χ2v) is 6.13. The van der Waals surface area contributed by atoms with Gasteiger partial charge < -0.3 is 15.8 Å². The third-order valence-corrected chi connectivity index (χ3v) is 3.95. The van der Waals surface area contributed by atoms with Gasteiger partial charge in [-0.2, -0.15) is 0 Å². The number of halogens is 1. The summed E-state index contributed by atoms with van der Waals surface area (Å²) in [5, 5.41) is 2.86. The molecule has 1 fully saturated rings. The summed E-state index contributed by atoms with van der Waals surface area (Å²) in [6.45, 7) is 0.810. The molecule has 2 rings (SSSR count). The van der Waals surface area contributed by atoms with E-state index in [2.05, 4.69) is 21.2 Å². The van der Waals surface area contributed by atoms with Gasteiger partial charge in [0.2, 0.25) is 5.91 Å². The number of nitrogens with one attached hydrogen (secondary N) is 1. The minimum atomic E-state index is -0.0414. The molecule has 1 aromatic carbocycles. The van der Waals surface area contributed by atoms with Crippen molar-refractivity contribution >= 4 is 44.7 Å². The lowest BCUT2D eigenvalue weighted by Gasteiger charge is -2.12. The van der Waals surface area contributed by atoms with Crippen LogP contribution < -0.4 is 11.1 Å². The van der Waals surface area contributed by atoms with Gasteiger partial charge in [0.15, 0.2) is 0 Å². The Morgan fingerprint density at radius 1 is 1.55 bits per heavy atom. The number of carbonyl (C=O) groups is 1. The van der Waals surface area contributed by atoms with Crippen molar-refractivity contribution in [3.63, 3.8) is 0 Å². The Hall–Kier alpha value is -0.980. The number of hydrogen-bond acceptors (Lipinski definition) is 3. The smallest absolute Gasteiger partial charge is 0.224 e. The molecule has 0 saturated carbocycles. The highest BCUT2D eigenvalue weighted by molar-refractivity contribution is 9.10. The first-order valence-corrected chi connectivity index (χ1v) is 7.77. The van der Waals surface area contributed by atoms with Crippen LogP contribution >= 0.6 is 28.1 Å². The van der Waals surface area contributed by atoms with Crippen molar-refractivity contribution in [2.75, 3.05) is 11.9 Å². The van der Waals surface area contributed by atoms with Crippen molar-refractivity contribution in [3.05, 3.63) is 28.2 Å². The number of carbonyl (C=O) groups excluding carboxylic acids is 1. The van der Waals surface area contributed by atoms with Crippen LogP contribution in [0, 0.1) is 0 Å². The molecule has 1 unspecified atom stereocenters. The summed E-state index contributed by atoms with van der Waals surface area (Å²) in [4.78, 5) is 12.2. The molecule has 1 aliphatic rings. The molecule has 0 spiro atoms. The first-order chi connectivity index (χ1) is 9.56. The van der Waals surface area contributed by atoms with Crippen molar-refractivity contribution in [2.24, 2.45) is 5.73 Å². The van der Waals surface area contributed by atoms with Crippen LogP contribution in [-0.2, 0) is 9.53 Å². The van der Waals surface area contributed by atoms with Gasteiger partial charge in [-0.25, -0.2) is 0 Å². The topological polar surface area (TPSA) is 64.3 Å². The monoisotopic (exact) mass is 356 g/mol. The molecule has 4 nitrogen and oxygen atoms in total. The molecule has 1 amide bonds. The van der Waals surface area contributed by atoms with E-state index in [1.54, 1.807) is 12.1 Å². The van der Waals surface area contributed by atoms with Gasteiger partial charge >= 0.3 is 0 Å². The fraction of sp³-hybridized carbons (Fsp3) is 0.429. The summed E-state index contributed by atoms with van der Waals surface area (Å²) in [6.07, 6.45) is 3.55. The molecule has 0 aromatic heterocycles. The number of anilines is 1. The van der Waals surface area contributed by atoms with Gasteiger partial charge in [0, 0.05) is 23.1 Å². The Morgan fingerprint density at radius 3 is 3.00 bits per heavy atom. The van der Waals surface area contributed by atoms with Gasteiger partial charge in [-0.3, -0.25) is 4.79 Å². The van der Waals surface area contributed by atoms with E-state index in [0.717, 1.165) is 30.3 Å². The average Bonchev–Trinajstić information content (AvgIpc) is 2.91. The number of rotatable bonds is 5. The molecule has 1 aliphatic heterocycles. The molecule has 20 heavy (non-hydrogen) atoms. The molecule has 0 aliphatic carbocycles. The molecule has 108 valence electrons. The second-order valence-electron chi connectivity index (χ2n) is 4.78. The summed E-state index contributed by atoms with van der Waals surface area (Å²) in [7, 11) is 0. The normalized spacial score (nSPS) is 17.9. The fourth-order valence-corrected chi connectivity index (χ4v) is 2.74. The first kappa shape index (κ1) is 15.4. The zero-order valence-electron chi connectivity index (χ0n) is 11.0. The largest absolute Gasteiger partial charge is 0.389 e. The van der Waals surface area contributed by atoms with Crippen LogP contribution in [0.1, 0.15) is 31.2 Å². The van der Waals surface area contributed by atoms with Gasteiger partial charge in [-0.05, 0) is 37.5 Å². The number of nitrogens with two attached hydrogens (primary N) is 1. The van der Waals surface area contributed by atoms with Gasteiger partial charge in [0.05, 0.1) is 11.8 Å². The van der Waals surface area contributed by atoms with Gasteiger partial charge in [0.25, 0.3) is 0 Å².